The number of benzene rings is 2. The van der Waals surface area contributed by atoms with Gasteiger partial charge >= 0.3 is 0 Å². The highest BCUT2D eigenvalue weighted by Crippen LogP contribution is 2.21. The molecule has 0 saturated heterocycles. The van der Waals surface area contributed by atoms with Crippen molar-refractivity contribution in [1.82, 2.24) is 14.9 Å². The molecule has 116 valence electrons. The molecule has 23 heavy (non-hydrogen) atoms. The first-order valence-corrected chi connectivity index (χ1v) is 8.41. The second kappa shape index (κ2) is 7.24. The lowest BCUT2D eigenvalue weighted by Gasteiger charge is -2.02. The molecule has 0 aliphatic carbocycles. The van der Waals surface area contributed by atoms with Crippen LogP contribution in [0.15, 0.2) is 64.9 Å². The molecular formula is C18H18N4S. The molecule has 0 aliphatic heterocycles. The fourth-order valence-corrected chi connectivity index (χ4v) is 2.95. The maximum absolute atomic E-state index is 4.52. The van der Waals surface area contributed by atoms with Crippen LogP contribution in [0.3, 0.4) is 0 Å². The van der Waals surface area contributed by atoms with Crippen LogP contribution in [0.2, 0.25) is 0 Å². The summed E-state index contributed by atoms with van der Waals surface area (Å²) in [4.78, 5) is 0. The van der Waals surface area contributed by atoms with Gasteiger partial charge in [-0.2, -0.15) is 9.78 Å². The Morgan fingerprint density at radius 3 is 2.48 bits per heavy atom. The normalized spacial score (nSPS) is 11.2. The van der Waals surface area contributed by atoms with Crippen molar-refractivity contribution in [2.45, 2.75) is 24.8 Å². The lowest BCUT2D eigenvalue weighted by molar-refractivity contribution is 0.744. The average Bonchev–Trinajstić information content (AvgIpc) is 2.93. The Balaban J connectivity index is 1.74. The van der Waals surface area contributed by atoms with E-state index in [-0.39, 0.29) is 0 Å². The highest BCUT2D eigenvalue weighted by Gasteiger charge is 2.08. The number of aromatic nitrogens is 3. The molecule has 5 heteroatoms. The van der Waals surface area contributed by atoms with Crippen molar-refractivity contribution in [3.63, 3.8) is 0 Å². The lowest BCUT2D eigenvalue weighted by atomic mass is 10.2. The van der Waals surface area contributed by atoms with Crippen LogP contribution < -0.4 is 0 Å². The third-order valence-electron chi connectivity index (χ3n) is 3.38. The first-order valence-electron chi connectivity index (χ1n) is 7.42. The van der Waals surface area contributed by atoms with E-state index in [0.717, 1.165) is 22.3 Å². The molecule has 0 amide bonds. The van der Waals surface area contributed by atoms with E-state index in [2.05, 4.69) is 58.6 Å². The minimum Gasteiger partial charge on any atom is -0.192 e. The van der Waals surface area contributed by atoms with Crippen LogP contribution in [0.25, 0.3) is 0 Å². The molecule has 0 spiro atoms. The Labute approximate surface area is 140 Å². The molecule has 0 radical (unpaired) electrons. The number of nitrogens with zero attached hydrogens (tertiary/aromatic N) is 4. The third-order valence-corrected chi connectivity index (χ3v) is 4.37. The van der Waals surface area contributed by atoms with E-state index in [9.17, 15) is 0 Å². The number of aryl methyl sites for hydroxylation is 2. The van der Waals surface area contributed by atoms with Crippen molar-refractivity contribution in [3.05, 3.63) is 77.1 Å². The number of thioether (sulfide) groups is 1. The summed E-state index contributed by atoms with van der Waals surface area (Å²) in [6.45, 7) is 3.98. The molecule has 0 unspecified atom stereocenters. The number of hydrogen-bond acceptors (Lipinski definition) is 4. The molecular weight excluding hydrogens is 304 g/mol. The van der Waals surface area contributed by atoms with Gasteiger partial charge in [-0.15, -0.1) is 10.2 Å². The van der Waals surface area contributed by atoms with E-state index in [1.165, 1.54) is 11.1 Å². The standard InChI is InChI=1S/C18H18N4S/c1-14-8-10-16(11-9-14)12-19-22-15(2)20-21-18(22)23-13-17-6-4-3-5-7-17/h3-12H,13H2,1-2H3/b19-12+. The predicted molar refractivity (Wildman–Crippen MR) is 94.9 cm³/mol. The zero-order valence-corrected chi connectivity index (χ0v) is 14.0. The summed E-state index contributed by atoms with van der Waals surface area (Å²) in [5, 5.41) is 13.7. The summed E-state index contributed by atoms with van der Waals surface area (Å²) in [5.41, 5.74) is 3.55. The Morgan fingerprint density at radius 1 is 1.00 bits per heavy atom. The van der Waals surface area contributed by atoms with Gasteiger partial charge in [-0.3, -0.25) is 0 Å². The van der Waals surface area contributed by atoms with E-state index in [0.29, 0.717) is 0 Å². The Morgan fingerprint density at radius 2 is 1.74 bits per heavy atom. The molecule has 0 atom stereocenters. The van der Waals surface area contributed by atoms with Crippen LogP contribution in [0.1, 0.15) is 22.5 Å². The zero-order valence-electron chi connectivity index (χ0n) is 13.2. The maximum atomic E-state index is 4.52. The fraction of sp³-hybridized carbons (Fsp3) is 0.167. The largest absolute Gasteiger partial charge is 0.212 e. The topological polar surface area (TPSA) is 43.1 Å². The second-order valence-electron chi connectivity index (χ2n) is 5.27. The molecule has 0 fully saturated rings. The van der Waals surface area contributed by atoms with Crippen molar-refractivity contribution < 1.29 is 0 Å². The van der Waals surface area contributed by atoms with Gasteiger partial charge < -0.3 is 0 Å². The Hall–Kier alpha value is -2.40. The Kier molecular flexibility index (Phi) is 4.88. The van der Waals surface area contributed by atoms with Gasteiger partial charge in [0.15, 0.2) is 5.82 Å². The summed E-state index contributed by atoms with van der Waals surface area (Å²) < 4.78 is 1.79. The van der Waals surface area contributed by atoms with E-state index in [1.54, 1.807) is 16.4 Å². The number of rotatable bonds is 5. The van der Waals surface area contributed by atoms with Gasteiger partial charge in [-0.1, -0.05) is 71.9 Å². The first-order chi connectivity index (χ1) is 11.2. The molecule has 3 aromatic rings. The fourth-order valence-electron chi connectivity index (χ4n) is 2.06. The summed E-state index contributed by atoms with van der Waals surface area (Å²) in [7, 11) is 0. The van der Waals surface area contributed by atoms with Crippen LogP contribution in [-0.4, -0.2) is 21.1 Å². The van der Waals surface area contributed by atoms with Crippen LogP contribution >= 0.6 is 11.8 Å². The number of hydrogen-bond donors (Lipinski definition) is 0. The minimum atomic E-state index is 0.781. The zero-order chi connectivity index (χ0) is 16.1. The van der Waals surface area contributed by atoms with Gasteiger partial charge in [0, 0.05) is 5.75 Å². The average molecular weight is 322 g/mol. The van der Waals surface area contributed by atoms with E-state index < -0.39 is 0 Å². The molecule has 0 bridgehead atoms. The maximum Gasteiger partial charge on any atom is 0.212 e. The monoisotopic (exact) mass is 322 g/mol. The molecule has 2 aromatic carbocycles. The highest BCUT2D eigenvalue weighted by molar-refractivity contribution is 7.98. The molecule has 0 N–H and O–H groups in total. The van der Waals surface area contributed by atoms with Gasteiger partial charge in [0.2, 0.25) is 5.16 Å². The van der Waals surface area contributed by atoms with Gasteiger partial charge in [0.05, 0.1) is 6.21 Å². The van der Waals surface area contributed by atoms with Crippen molar-refractivity contribution in [1.29, 1.82) is 0 Å². The first kappa shape index (κ1) is 15.5. The molecule has 0 saturated carbocycles. The summed E-state index contributed by atoms with van der Waals surface area (Å²) >= 11 is 1.63. The van der Waals surface area contributed by atoms with Crippen molar-refractivity contribution in [2.75, 3.05) is 0 Å². The molecule has 4 nitrogen and oxygen atoms in total. The quantitative estimate of drug-likeness (QED) is 0.525. The van der Waals surface area contributed by atoms with Gasteiger partial charge in [-0.05, 0) is 25.0 Å². The highest BCUT2D eigenvalue weighted by atomic mass is 32.2. The molecule has 1 aromatic heterocycles. The second-order valence-corrected chi connectivity index (χ2v) is 6.21. The molecule has 0 aliphatic rings. The Bertz CT molecular complexity index is 792. The smallest absolute Gasteiger partial charge is 0.192 e. The van der Waals surface area contributed by atoms with Crippen molar-refractivity contribution in [2.24, 2.45) is 5.10 Å². The van der Waals surface area contributed by atoms with Gasteiger partial charge in [0.1, 0.15) is 0 Å². The van der Waals surface area contributed by atoms with E-state index in [1.807, 2.05) is 31.3 Å². The van der Waals surface area contributed by atoms with Crippen LogP contribution in [-0.2, 0) is 5.75 Å². The van der Waals surface area contributed by atoms with Crippen LogP contribution in [0, 0.1) is 13.8 Å². The SMILES string of the molecule is Cc1ccc(/C=N/n2c(C)nnc2SCc2ccccc2)cc1. The summed E-state index contributed by atoms with van der Waals surface area (Å²) in [6, 6.07) is 18.6. The summed E-state index contributed by atoms with van der Waals surface area (Å²) in [6.07, 6.45) is 1.84. The van der Waals surface area contributed by atoms with Gasteiger partial charge in [0.25, 0.3) is 0 Å². The molecule has 3 rings (SSSR count). The minimum absolute atomic E-state index is 0.781. The predicted octanol–water partition coefficient (Wildman–Crippen LogP) is 4.07. The van der Waals surface area contributed by atoms with Crippen molar-refractivity contribution in [3.8, 4) is 0 Å². The van der Waals surface area contributed by atoms with Crippen LogP contribution in [0.4, 0.5) is 0 Å². The third kappa shape index (κ3) is 4.07. The van der Waals surface area contributed by atoms with Gasteiger partial charge in [-0.25, -0.2) is 0 Å². The van der Waals surface area contributed by atoms with Crippen LogP contribution in [0.5, 0.6) is 0 Å². The summed E-state index contributed by atoms with van der Waals surface area (Å²) in [5.74, 6) is 1.63. The van der Waals surface area contributed by atoms with E-state index in [4.69, 9.17) is 0 Å². The lowest BCUT2D eigenvalue weighted by Crippen LogP contribution is -1.96. The van der Waals surface area contributed by atoms with Crippen molar-refractivity contribution >= 4 is 18.0 Å². The molecule has 1 heterocycles. The van der Waals surface area contributed by atoms with E-state index >= 15 is 0 Å².